The summed E-state index contributed by atoms with van der Waals surface area (Å²) < 4.78 is 18.4. The molecule has 0 aromatic heterocycles. The molecule has 0 aliphatic carbocycles. The van der Waals surface area contributed by atoms with Gasteiger partial charge in [0.05, 0.1) is 6.54 Å². The average Bonchev–Trinajstić information content (AvgIpc) is 2.42. The molecule has 0 radical (unpaired) electrons. The van der Waals surface area contributed by atoms with Gasteiger partial charge in [-0.15, -0.1) is 24.0 Å². The molecule has 0 aliphatic rings. The number of nitrogens with one attached hydrogen (secondary N) is 1. The van der Waals surface area contributed by atoms with E-state index in [-0.39, 0.29) is 29.8 Å². The fourth-order valence-electron chi connectivity index (χ4n) is 2.12. The molecule has 0 atom stereocenters. The number of nitrogens with two attached hydrogens (primary N) is 1. The van der Waals surface area contributed by atoms with Gasteiger partial charge in [0, 0.05) is 11.8 Å². The number of rotatable bonds is 5. The first kappa shape index (κ1) is 19.2. The van der Waals surface area contributed by atoms with Crippen LogP contribution < -0.4 is 15.8 Å². The molecule has 2 aromatic rings. The zero-order valence-corrected chi connectivity index (χ0v) is 15.5. The molecule has 0 spiro atoms. The molecule has 0 unspecified atom stereocenters. The number of ether oxygens (including phenoxy) is 1. The van der Waals surface area contributed by atoms with Crippen molar-refractivity contribution in [2.45, 2.75) is 13.8 Å². The van der Waals surface area contributed by atoms with E-state index < -0.39 is 0 Å². The molecule has 0 amide bonds. The van der Waals surface area contributed by atoms with Crippen LogP contribution in [0.5, 0.6) is 5.75 Å². The molecule has 0 bridgehead atoms. The monoisotopic (exact) mass is 429 g/mol. The van der Waals surface area contributed by atoms with Crippen LogP contribution in [-0.2, 0) is 0 Å². The van der Waals surface area contributed by atoms with E-state index in [2.05, 4.69) is 16.4 Å². The smallest absolute Gasteiger partial charge is 0.193 e. The quantitative estimate of drug-likeness (QED) is 0.329. The summed E-state index contributed by atoms with van der Waals surface area (Å²) in [6, 6.07) is 12.1. The lowest BCUT2D eigenvalue weighted by molar-refractivity contribution is 0.327. The van der Waals surface area contributed by atoms with Gasteiger partial charge in [0.15, 0.2) is 5.96 Å². The fourth-order valence-corrected chi connectivity index (χ4v) is 2.12. The molecule has 0 saturated heterocycles. The van der Waals surface area contributed by atoms with Gasteiger partial charge in [-0.2, -0.15) is 0 Å². The van der Waals surface area contributed by atoms with Crippen LogP contribution in [0.15, 0.2) is 47.5 Å². The fraction of sp³-hybridized carbons (Fsp3) is 0.235. The van der Waals surface area contributed by atoms with Crippen molar-refractivity contribution in [2.24, 2.45) is 10.7 Å². The zero-order valence-electron chi connectivity index (χ0n) is 13.2. The van der Waals surface area contributed by atoms with Crippen molar-refractivity contribution in [3.8, 4) is 5.75 Å². The summed E-state index contributed by atoms with van der Waals surface area (Å²) in [6.45, 7) is 4.77. The number of guanidine groups is 1. The van der Waals surface area contributed by atoms with Crippen LogP contribution >= 0.6 is 24.0 Å². The van der Waals surface area contributed by atoms with E-state index in [0.29, 0.717) is 24.9 Å². The van der Waals surface area contributed by atoms with Crippen LogP contribution in [0, 0.1) is 19.7 Å². The highest BCUT2D eigenvalue weighted by atomic mass is 127. The van der Waals surface area contributed by atoms with Crippen LogP contribution in [0.25, 0.3) is 0 Å². The molecule has 2 aromatic carbocycles. The summed E-state index contributed by atoms with van der Waals surface area (Å²) in [7, 11) is 0. The molecule has 0 saturated carbocycles. The molecule has 0 heterocycles. The number of aryl methyl sites for hydroxylation is 2. The van der Waals surface area contributed by atoms with Gasteiger partial charge >= 0.3 is 0 Å². The Bertz CT molecular complexity index is 656. The lowest BCUT2D eigenvalue weighted by Crippen LogP contribution is -2.23. The largest absolute Gasteiger partial charge is 0.492 e. The molecule has 2 rings (SSSR count). The van der Waals surface area contributed by atoms with Crippen LogP contribution in [0.2, 0.25) is 0 Å². The maximum absolute atomic E-state index is 13.0. The lowest BCUT2D eigenvalue weighted by atomic mass is 10.1. The molecule has 3 N–H and O–H groups in total. The highest BCUT2D eigenvalue weighted by molar-refractivity contribution is 14.0. The minimum Gasteiger partial charge on any atom is -0.492 e. The van der Waals surface area contributed by atoms with Crippen molar-refractivity contribution in [1.82, 2.24) is 0 Å². The van der Waals surface area contributed by atoms with E-state index in [4.69, 9.17) is 10.5 Å². The Hall–Kier alpha value is -1.83. The van der Waals surface area contributed by atoms with Crippen molar-refractivity contribution in [2.75, 3.05) is 18.5 Å². The minimum absolute atomic E-state index is 0. The Balaban J connectivity index is 0.00000264. The van der Waals surface area contributed by atoms with Crippen molar-refractivity contribution < 1.29 is 9.13 Å². The standard InChI is InChI=1S/C17H20FN3O.HI/c1-12-8-13(2)10-15(9-12)21-17(19)20-6-7-22-16-5-3-4-14(18)11-16;/h3-5,8-11H,6-7H2,1-2H3,(H3,19,20,21);1H. The third kappa shape index (κ3) is 6.85. The van der Waals surface area contributed by atoms with E-state index in [1.807, 2.05) is 26.0 Å². The Labute approximate surface area is 153 Å². The third-order valence-corrected chi connectivity index (χ3v) is 2.93. The highest BCUT2D eigenvalue weighted by Gasteiger charge is 1.98. The summed E-state index contributed by atoms with van der Waals surface area (Å²) in [5.74, 6) is 0.487. The van der Waals surface area contributed by atoms with Gasteiger partial charge in [0.1, 0.15) is 18.2 Å². The number of nitrogens with zero attached hydrogens (tertiary/aromatic N) is 1. The normalized spacial score (nSPS) is 10.8. The number of aliphatic imine (C=N–C) groups is 1. The first-order valence-corrected chi connectivity index (χ1v) is 7.06. The van der Waals surface area contributed by atoms with Gasteiger partial charge in [-0.3, -0.25) is 0 Å². The van der Waals surface area contributed by atoms with Gasteiger partial charge in [-0.1, -0.05) is 12.1 Å². The van der Waals surface area contributed by atoms with E-state index in [1.54, 1.807) is 12.1 Å². The average molecular weight is 429 g/mol. The first-order chi connectivity index (χ1) is 10.5. The second-order valence-electron chi connectivity index (χ2n) is 5.07. The van der Waals surface area contributed by atoms with Gasteiger partial charge in [0.25, 0.3) is 0 Å². The second kappa shape index (κ2) is 9.34. The van der Waals surface area contributed by atoms with Gasteiger partial charge in [-0.05, 0) is 49.2 Å². The number of hydrogen-bond acceptors (Lipinski definition) is 2. The molecule has 0 fully saturated rings. The topological polar surface area (TPSA) is 59.6 Å². The third-order valence-electron chi connectivity index (χ3n) is 2.93. The predicted molar refractivity (Wildman–Crippen MR) is 103 cm³/mol. The molecular formula is C17H21FIN3O. The van der Waals surface area contributed by atoms with Crippen LogP contribution in [0.4, 0.5) is 10.1 Å². The number of hydrogen-bond donors (Lipinski definition) is 2. The maximum atomic E-state index is 13.0. The van der Waals surface area contributed by atoms with Crippen LogP contribution in [0.1, 0.15) is 11.1 Å². The maximum Gasteiger partial charge on any atom is 0.193 e. The van der Waals surface area contributed by atoms with Gasteiger partial charge in [-0.25, -0.2) is 9.38 Å². The first-order valence-electron chi connectivity index (χ1n) is 7.06. The zero-order chi connectivity index (χ0) is 15.9. The van der Waals surface area contributed by atoms with E-state index in [1.165, 1.54) is 12.1 Å². The van der Waals surface area contributed by atoms with Gasteiger partial charge in [0.2, 0.25) is 0 Å². The summed E-state index contributed by atoms with van der Waals surface area (Å²) in [5.41, 5.74) is 9.05. The highest BCUT2D eigenvalue weighted by Crippen LogP contribution is 2.13. The predicted octanol–water partition coefficient (Wildman–Crippen LogP) is 3.87. The number of benzene rings is 2. The Morgan fingerprint density at radius 1 is 1.17 bits per heavy atom. The SMILES string of the molecule is Cc1cc(C)cc(NC(N)=NCCOc2cccc(F)c2)c1.I. The summed E-state index contributed by atoms with van der Waals surface area (Å²) in [6.07, 6.45) is 0. The van der Waals surface area contributed by atoms with E-state index in [0.717, 1.165) is 16.8 Å². The lowest BCUT2D eigenvalue weighted by Gasteiger charge is -2.08. The van der Waals surface area contributed by atoms with Crippen LogP contribution in [0.3, 0.4) is 0 Å². The molecule has 4 nitrogen and oxygen atoms in total. The number of halogens is 2. The minimum atomic E-state index is -0.322. The van der Waals surface area contributed by atoms with Gasteiger partial charge < -0.3 is 15.8 Å². The number of anilines is 1. The Kier molecular flexibility index (Phi) is 7.80. The van der Waals surface area contributed by atoms with E-state index in [9.17, 15) is 4.39 Å². The van der Waals surface area contributed by atoms with E-state index >= 15 is 0 Å². The van der Waals surface area contributed by atoms with Crippen molar-refractivity contribution in [3.05, 3.63) is 59.4 Å². The summed E-state index contributed by atoms with van der Waals surface area (Å²) in [4.78, 5) is 4.18. The molecular weight excluding hydrogens is 408 g/mol. The van der Waals surface area contributed by atoms with Crippen LogP contribution in [-0.4, -0.2) is 19.1 Å². The Morgan fingerprint density at radius 3 is 2.52 bits per heavy atom. The summed E-state index contributed by atoms with van der Waals surface area (Å²) >= 11 is 0. The molecule has 124 valence electrons. The van der Waals surface area contributed by atoms with Crippen molar-refractivity contribution in [3.63, 3.8) is 0 Å². The van der Waals surface area contributed by atoms with Crippen molar-refractivity contribution >= 4 is 35.6 Å². The molecule has 6 heteroatoms. The van der Waals surface area contributed by atoms with Crippen molar-refractivity contribution in [1.29, 1.82) is 0 Å². The summed E-state index contributed by atoms with van der Waals surface area (Å²) in [5, 5.41) is 3.04. The molecule has 23 heavy (non-hydrogen) atoms. The molecule has 0 aliphatic heterocycles. The second-order valence-corrected chi connectivity index (χ2v) is 5.07. The Morgan fingerprint density at radius 2 is 1.87 bits per heavy atom.